The van der Waals surface area contributed by atoms with Crippen molar-refractivity contribution in [1.29, 1.82) is 0 Å². The van der Waals surface area contributed by atoms with Gasteiger partial charge in [0.25, 0.3) is 0 Å². The second-order valence-electron chi connectivity index (χ2n) is 12.2. The molecule has 4 aliphatic carbocycles. The third-order valence-electron chi connectivity index (χ3n) is 10.1. The van der Waals surface area contributed by atoms with Crippen LogP contribution >= 0.6 is 0 Å². The van der Waals surface area contributed by atoms with Crippen molar-refractivity contribution in [2.75, 3.05) is 13.2 Å². The minimum atomic E-state index is -1.26. The number of oxime groups is 1. The molecule has 0 aromatic carbocycles. The zero-order valence-electron chi connectivity index (χ0n) is 22.3. The van der Waals surface area contributed by atoms with Gasteiger partial charge in [0.05, 0.1) is 5.71 Å². The first-order valence-electron chi connectivity index (χ1n) is 13.4. The topological polar surface area (TPSA) is 139 Å². The van der Waals surface area contributed by atoms with Crippen LogP contribution in [0.1, 0.15) is 85.5 Å². The number of carboxylic acid groups (broad SMARTS) is 2. The van der Waals surface area contributed by atoms with Crippen molar-refractivity contribution in [3.8, 4) is 0 Å². The van der Waals surface area contributed by atoms with Gasteiger partial charge in [0.2, 0.25) is 0 Å². The van der Waals surface area contributed by atoms with Gasteiger partial charge in [0, 0.05) is 29.4 Å². The highest BCUT2D eigenvalue weighted by molar-refractivity contribution is 5.91. The number of carboxylic acids is 2. The Hall–Kier alpha value is -2.22. The first kappa shape index (κ1) is 28.4. The van der Waals surface area contributed by atoms with E-state index in [1.807, 2.05) is 0 Å². The normalized spacial score (nSPS) is 37.9. The van der Waals surface area contributed by atoms with Gasteiger partial charge in [-0.05, 0) is 87.0 Å². The maximum Gasteiger partial charge on any atom is 0.328 e. The summed E-state index contributed by atoms with van der Waals surface area (Å²) in [6.07, 6.45) is 11.1. The molecule has 0 aliphatic heterocycles. The third kappa shape index (κ3) is 5.38. The third-order valence-corrected chi connectivity index (χ3v) is 10.1. The molecular weight excluding hydrogens is 460 g/mol. The minimum absolute atomic E-state index is 0.0159. The molecule has 4 aliphatic rings. The van der Waals surface area contributed by atoms with Crippen molar-refractivity contribution < 1.29 is 29.4 Å². The van der Waals surface area contributed by atoms with Gasteiger partial charge in [-0.15, -0.1) is 0 Å². The number of hydrogen-bond acceptors (Lipinski definition) is 6. The molecule has 36 heavy (non-hydrogen) atoms. The van der Waals surface area contributed by atoms with Crippen LogP contribution in [-0.4, -0.2) is 46.8 Å². The molecule has 8 heteroatoms. The Morgan fingerprint density at radius 3 is 2.28 bits per heavy atom. The van der Waals surface area contributed by atoms with Crippen LogP contribution in [0.5, 0.6) is 0 Å². The number of rotatable bonds is 6. The van der Waals surface area contributed by atoms with E-state index in [0.717, 1.165) is 43.9 Å². The van der Waals surface area contributed by atoms with Gasteiger partial charge in [0.1, 0.15) is 12.4 Å². The van der Waals surface area contributed by atoms with E-state index in [2.05, 4.69) is 32.9 Å². The zero-order chi connectivity index (χ0) is 26.7. The number of carbonyl (C=O) groups is 3. The average molecular weight is 505 g/mol. The molecule has 8 nitrogen and oxygen atoms in total. The van der Waals surface area contributed by atoms with E-state index in [1.165, 1.54) is 31.4 Å². The molecule has 0 saturated heterocycles. The Balaban J connectivity index is 0.000000392. The highest BCUT2D eigenvalue weighted by Crippen LogP contribution is 2.67. The van der Waals surface area contributed by atoms with E-state index in [0.29, 0.717) is 48.3 Å². The number of ketones is 1. The highest BCUT2D eigenvalue weighted by atomic mass is 16.6. The summed E-state index contributed by atoms with van der Waals surface area (Å²) in [4.78, 5) is 37.4. The quantitative estimate of drug-likeness (QED) is 0.271. The second-order valence-corrected chi connectivity index (χ2v) is 12.2. The van der Waals surface area contributed by atoms with Crippen molar-refractivity contribution in [2.24, 2.45) is 50.8 Å². The predicted octanol–water partition coefficient (Wildman–Crippen LogP) is 4.67. The molecule has 4 fully saturated rings. The maximum absolute atomic E-state index is 12.6. The van der Waals surface area contributed by atoms with Gasteiger partial charge < -0.3 is 20.8 Å². The van der Waals surface area contributed by atoms with Crippen LogP contribution in [0, 0.1) is 39.9 Å². The van der Waals surface area contributed by atoms with Crippen LogP contribution in [0.15, 0.2) is 17.3 Å². The van der Waals surface area contributed by atoms with Gasteiger partial charge in [-0.2, -0.15) is 0 Å². The van der Waals surface area contributed by atoms with Crippen molar-refractivity contribution in [1.82, 2.24) is 0 Å². The standard InChI is InChI=1S/C24H40N2O2.C4H4O4/c1-22(2)19-8-6-16-17-7-9-21(27)24(17,4)12-10-18(16)23(19,3)13-11-20(22)26-28-15-5-14-25;5-3(6)1-2-4(7)8/h16-19H,5-15,25H2,1-4H3;1-2H,(H,5,6)(H,7,8)/t16-,17-,18-,19-,23+,24-;/m0./s1. The lowest BCUT2D eigenvalue weighted by molar-refractivity contribution is -0.141. The van der Waals surface area contributed by atoms with E-state index in [-0.39, 0.29) is 10.8 Å². The van der Waals surface area contributed by atoms with E-state index < -0.39 is 11.9 Å². The lowest BCUT2D eigenvalue weighted by Gasteiger charge is -2.63. The van der Waals surface area contributed by atoms with E-state index in [1.54, 1.807) is 0 Å². The fourth-order valence-electron chi connectivity index (χ4n) is 8.26. The van der Waals surface area contributed by atoms with Gasteiger partial charge in [-0.3, -0.25) is 4.79 Å². The number of carbonyl (C=O) groups excluding carboxylic acids is 1. The molecule has 0 aromatic heterocycles. The molecule has 4 saturated carbocycles. The first-order chi connectivity index (χ1) is 16.9. The molecule has 6 atom stereocenters. The molecule has 202 valence electrons. The second kappa shape index (κ2) is 11.0. The van der Waals surface area contributed by atoms with E-state index in [4.69, 9.17) is 20.8 Å². The number of nitrogens with two attached hydrogens (primary N) is 1. The zero-order valence-corrected chi connectivity index (χ0v) is 22.3. The summed E-state index contributed by atoms with van der Waals surface area (Å²) in [6.45, 7) is 10.9. The SMILES string of the molecule is CC1(C)C(=NOCCCN)CC[C@]2(C)[C@H]3CC[C@]4(C)C(=O)CC[C@H]4[C@@H]3CC[C@@H]12.O=C(O)C=CC(=O)O. The molecule has 0 aromatic rings. The van der Waals surface area contributed by atoms with Crippen molar-refractivity contribution in [3.63, 3.8) is 0 Å². The summed E-state index contributed by atoms with van der Waals surface area (Å²) in [6, 6.07) is 0. The number of hydrogen-bond donors (Lipinski definition) is 3. The molecule has 0 heterocycles. The molecule has 0 unspecified atom stereocenters. The molecule has 0 spiro atoms. The van der Waals surface area contributed by atoms with Crippen LogP contribution < -0.4 is 5.73 Å². The minimum Gasteiger partial charge on any atom is -0.478 e. The van der Waals surface area contributed by atoms with Gasteiger partial charge in [-0.1, -0.05) is 32.9 Å². The summed E-state index contributed by atoms with van der Waals surface area (Å²) < 4.78 is 0. The van der Waals surface area contributed by atoms with Gasteiger partial charge >= 0.3 is 11.9 Å². The summed E-state index contributed by atoms with van der Waals surface area (Å²) in [5.74, 6) is 0.856. The van der Waals surface area contributed by atoms with Crippen LogP contribution in [0.3, 0.4) is 0 Å². The monoisotopic (exact) mass is 504 g/mol. The van der Waals surface area contributed by atoms with Gasteiger partial charge in [-0.25, -0.2) is 9.59 Å². The first-order valence-corrected chi connectivity index (χ1v) is 13.4. The number of fused-ring (bicyclic) bond motifs is 5. The predicted molar refractivity (Wildman–Crippen MR) is 137 cm³/mol. The molecule has 0 bridgehead atoms. The van der Waals surface area contributed by atoms with Crippen LogP contribution in [0.2, 0.25) is 0 Å². The van der Waals surface area contributed by atoms with E-state index in [9.17, 15) is 14.4 Å². The smallest absolute Gasteiger partial charge is 0.328 e. The molecule has 4 rings (SSSR count). The summed E-state index contributed by atoms with van der Waals surface area (Å²) in [7, 11) is 0. The van der Waals surface area contributed by atoms with Crippen LogP contribution in [0.4, 0.5) is 0 Å². The molecule has 0 amide bonds. The van der Waals surface area contributed by atoms with Crippen molar-refractivity contribution >= 4 is 23.4 Å². The van der Waals surface area contributed by atoms with Crippen molar-refractivity contribution in [2.45, 2.75) is 85.5 Å². The Morgan fingerprint density at radius 2 is 1.67 bits per heavy atom. The largest absolute Gasteiger partial charge is 0.478 e. The number of aliphatic carboxylic acids is 2. The summed E-state index contributed by atoms with van der Waals surface area (Å²) in [5.41, 5.74) is 7.27. The number of nitrogens with zero attached hydrogens (tertiary/aromatic N) is 1. The fourth-order valence-corrected chi connectivity index (χ4v) is 8.26. The Bertz CT molecular complexity index is 896. The molecule has 4 N–H and O–H groups in total. The fraction of sp³-hybridized carbons (Fsp3) is 0.786. The summed E-state index contributed by atoms with van der Waals surface area (Å²) in [5, 5.41) is 20.2. The number of Topliss-reactive ketones (excluding diaryl/α,β-unsaturated/α-hetero) is 1. The Morgan fingerprint density at radius 1 is 1.00 bits per heavy atom. The lowest BCUT2D eigenvalue weighted by atomic mass is 9.41. The summed E-state index contributed by atoms with van der Waals surface area (Å²) >= 11 is 0. The molecule has 0 radical (unpaired) electrons. The van der Waals surface area contributed by atoms with Crippen LogP contribution in [-0.2, 0) is 19.2 Å². The Kier molecular flexibility index (Phi) is 8.69. The van der Waals surface area contributed by atoms with Crippen LogP contribution in [0.25, 0.3) is 0 Å². The van der Waals surface area contributed by atoms with Crippen molar-refractivity contribution in [3.05, 3.63) is 12.2 Å². The highest BCUT2D eigenvalue weighted by Gasteiger charge is 2.62. The van der Waals surface area contributed by atoms with E-state index >= 15 is 0 Å². The lowest BCUT2D eigenvalue weighted by Crippen LogP contribution is -2.58. The average Bonchev–Trinajstić information content (AvgIpc) is 3.11. The van der Waals surface area contributed by atoms with Gasteiger partial charge in [0.15, 0.2) is 0 Å². The Labute approximate surface area is 214 Å². The molecular formula is C28H44N2O6. The maximum atomic E-state index is 12.6.